The number of benzene rings is 4. The highest BCUT2D eigenvalue weighted by Crippen LogP contribution is 2.52. The van der Waals surface area contributed by atoms with Gasteiger partial charge in [0.2, 0.25) is 0 Å². The van der Waals surface area contributed by atoms with Crippen molar-refractivity contribution < 1.29 is 55.0 Å². The summed E-state index contributed by atoms with van der Waals surface area (Å²) >= 11 is 0. The van der Waals surface area contributed by atoms with Crippen LogP contribution in [0.1, 0.15) is 107 Å². The topological polar surface area (TPSA) is 173 Å². The molecule has 0 bridgehead atoms. The van der Waals surface area contributed by atoms with Crippen molar-refractivity contribution in [1.82, 2.24) is 0 Å². The number of carbonyl (C=O) groups is 4. The standard InChI is InChI=1S/C50H52O12S2/c1-3-5-11-59-13-15-61-49-32-9-7-27-8-10-33-35(42(27)34(32)21-40-43(49)47(53)38-19-30-25-63(55,56)23-28(30)17-36(38)45(40)51)22-41-44(50(33)62-16-14-60-12-6-4-2)48(54)39-20-31-26-64(57,58)24-29(31)18-37(39)46(41)52/h7-10,21-22,36-39H,3-6,11-20,23-26H2,1-2H3/t36-,37-,38-,39+/m1/s1. The summed E-state index contributed by atoms with van der Waals surface area (Å²) in [6.45, 7) is 5.96. The van der Waals surface area contributed by atoms with E-state index in [4.69, 9.17) is 18.9 Å². The monoisotopic (exact) mass is 908 g/mol. The SMILES string of the molecule is CCCCOCCOc1c2c(cc3c1ccc1ccc4c(OCCOCCCC)c5c(cc4c13)C(=O)[C@@H]1CC3=C(C[C@H]1C5=O)CS(=O)(=O)C3)C(=O)[C@@H]1CC3=C(C[C@@H]1C2=O)CS(=O)(=O)C3. The maximum Gasteiger partial charge on any atom is 0.171 e. The van der Waals surface area contributed by atoms with Crippen molar-refractivity contribution in [3.63, 3.8) is 0 Å². The molecule has 4 aliphatic carbocycles. The minimum atomic E-state index is -3.35. The Hall–Kier alpha value is -4.76. The van der Waals surface area contributed by atoms with Crippen molar-refractivity contribution in [3.05, 3.63) is 80.9 Å². The summed E-state index contributed by atoms with van der Waals surface area (Å²) in [7, 11) is -6.70. The van der Waals surface area contributed by atoms with Crippen molar-refractivity contribution in [2.45, 2.75) is 65.2 Å². The summed E-state index contributed by atoms with van der Waals surface area (Å²) in [5, 5.41) is 3.80. The van der Waals surface area contributed by atoms with E-state index < -0.39 is 43.3 Å². The van der Waals surface area contributed by atoms with Gasteiger partial charge in [-0.15, -0.1) is 0 Å². The van der Waals surface area contributed by atoms with E-state index >= 15 is 0 Å². The van der Waals surface area contributed by atoms with Crippen molar-refractivity contribution in [1.29, 1.82) is 0 Å². The van der Waals surface area contributed by atoms with E-state index in [0.717, 1.165) is 53.4 Å². The molecule has 2 aliphatic heterocycles. The first-order valence-electron chi connectivity index (χ1n) is 22.7. The minimum Gasteiger partial charge on any atom is -0.490 e. The number of rotatable bonds is 14. The second-order valence-corrected chi connectivity index (χ2v) is 22.6. The number of ketones is 4. The van der Waals surface area contributed by atoms with Crippen molar-refractivity contribution >= 4 is 75.1 Å². The lowest BCUT2D eigenvalue weighted by atomic mass is 9.65. The molecule has 10 rings (SSSR count). The molecular weight excluding hydrogens is 857 g/mol. The lowest BCUT2D eigenvalue weighted by Gasteiger charge is -2.36. The van der Waals surface area contributed by atoms with Crippen LogP contribution in [0.4, 0.5) is 0 Å². The van der Waals surface area contributed by atoms with Gasteiger partial charge >= 0.3 is 0 Å². The van der Waals surface area contributed by atoms with Gasteiger partial charge in [-0.25, -0.2) is 16.8 Å². The van der Waals surface area contributed by atoms with E-state index in [1.165, 1.54) is 0 Å². The summed E-state index contributed by atoms with van der Waals surface area (Å²) in [4.78, 5) is 59.2. The van der Waals surface area contributed by atoms with Crippen LogP contribution in [0.25, 0.3) is 32.3 Å². The van der Waals surface area contributed by atoms with Crippen molar-refractivity contribution in [2.24, 2.45) is 23.7 Å². The number of sulfone groups is 2. The van der Waals surface area contributed by atoms with Crippen molar-refractivity contribution in [3.8, 4) is 11.5 Å². The molecule has 0 radical (unpaired) electrons. The molecule has 0 unspecified atom stereocenters. The number of hydrogen-bond acceptors (Lipinski definition) is 12. The average Bonchev–Trinajstić information content (AvgIpc) is 3.75. The van der Waals surface area contributed by atoms with Gasteiger partial charge < -0.3 is 18.9 Å². The molecule has 64 heavy (non-hydrogen) atoms. The van der Waals surface area contributed by atoms with Crippen LogP contribution in [0, 0.1) is 23.7 Å². The molecule has 4 atom stereocenters. The Bertz CT molecular complexity index is 2810. The summed E-state index contributed by atoms with van der Waals surface area (Å²) in [5.74, 6) is -3.70. The molecule has 14 heteroatoms. The molecule has 4 aromatic carbocycles. The minimum absolute atomic E-state index is 0.0906. The predicted octanol–water partition coefficient (Wildman–Crippen LogP) is 7.80. The average molecular weight is 909 g/mol. The lowest BCUT2D eigenvalue weighted by Crippen LogP contribution is -2.39. The highest BCUT2D eigenvalue weighted by atomic mass is 32.2. The Balaban J connectivity index is 1.15. The lowest BCUT2D eigenvalue weighted by molar-refractivity contribution is 0.0713. The van der Waals surface area contributed by atoms with Gasteiger partial charge in [0.25, 0.3) is 0 Å². The highest BCUT2D eigenvalue weighted by molar-refractivity contribution is 7.92. The maximum absolute atomic E-state index is 14.8. The zero-order valence-corrected chi connectivity index (χ0v) is 37.8. The number of Topliss-reactive ketones (excluding diaryl/α,β-unsaturated/α-hetero) is 4. The molecule has 0 amide bonds. The molecule has 0 saturated heterocycles. The van der Waals surface area contributed by atoms with Crippen LogP contribution in [0.2, 0.25) is 0 Å². The Morgan fingerprint density at radius 1 is 0.484 bits per heavy atom. The van der Waals surface area contributed by atoms with Crippen LogP contribution in [-0.2, 0) is 29.1 Å². The molecule has 12 nitrogen and oxygen atoms in total. The maximum atomic E-state index is 14.8. The molecular formula is C50H52O12S2. The second kappa shape index (κ2) is 16.6. The fourth-order valence-corrected chi connectivity index (χ4v) is 14.9. The Labute approximate surface area is 372 Å². The number of ether oxygens (including phenoxy) is 4. The first kappa shape index (κ1) is 43.1. The summed E-state index contributed by atoms with van der Waals surface area (Å²) < 4.78 is 75.6. The van der Waals surface area contributed by atoms with E-state index in [-0.39, 0.29) is 132 Å². The highest BCUT2D eigenvalue weighted by Gasteiger charge is 2.50. The third kappa shape index (κ3) is 7.32. The molecule has 4 aromatic rings. The predicted molar refractivity (Wildman–Crippen MR) is 243 cm³/mol. The summed E-state index contributed by atoms with van der Waals surface area (Å²) in [6, 6.07) is 11.1. The smallest absolute Gasteiger partial charge is 0.171 e. The number of carbonyl (C=O) groups excluding carboxylic acids is 4. The van der Waals surface area contributed by atoms with Gasteiger partial charge in [-0.05, 0) is 84.3 Å². The van der Waals surface area contributed by atoms with Gasteiger partial charge in [0.15, 0.2) is 42.8 Å². The molecule has 6 aliphatic rings. The zero-order valence-electron chi connectivity index (χ0n) is 36.2. The van der Waals surface area contributed by atoms with Crippen LogP contribution >= 0.6 is 0 Å². The fraction of sp³-hybridized carbons (Fsp3) is 0.480. The third-order valence-corrected chi connectivity index (χ3v) is 17.5. The molecule has 0 saturated carbocycles. The first-order valence-corrected chi connectivity index (χ1v) is 26.3. The molecule has 0 aromatic heterocycles. The van der Waals surface area contributed by atoms with Crippen LogP contribution in [0.3, 0.4) is 0 Å². The normalized spacial score (nSPS) is 24.2. The Morgan fingerprint density at radius 2 is 0.859 bits per heavy atom. The summed E-state index contributed by atoms with van der Waals surface area (Å²) in [5.41, 5.74) is 3.74. The largest absolute Gasteiger partial charge is 0.490 e. The Morgan fingerprint density at radius 3 is 1.23 bits per heavy atom. The quantitative estimate of drug-likeness (QED) is 0.0684. The van der Waals surface area contributed by atoms with E-state index in [1.807, 2.05) is 24.3 Å². The summed E-state index contributed by atoms with van der Waals surface area (Å²) in [6.07, 6.45) is 4.52. The molecule has 0 N–H and O–H groups in total. The zero-order chi connectivity index (χ0) is 44.7. The van der Waals surface area contributed by atoms with Crippen LogP contribution in [-0.4, -0.2) is 103 Å². The van der Waals surface area contributed by atoms with Crippen LogP contribution < -0.4 is 9.47 Å². The first-order chi connectivity index (χ1) is 30.8. The van der Waals surface area contributed by atoms with Gasteiger partial charge in [-0.3, -0.25) is 19.2 Å². The Kier molecular flexibility index (Phi) is 11.2. The molecule has 0 fully saturated rings. The van der Waals surface area contributed by atoms with Crippen molar-refractivity contribution in [2.75, 3.05) is 62.7 Å². The van der Waals surface area contributed by atoms with Gasteiger partial charge in [0.05, 0.1) is 47.4 Å². The van der Waals surface area contributed by atoms with E-state index in [0.29, 0.717) is 40.1 Å². The van der Waals surface area contributed by atoms with E-state index in [9.17, 15) is 36.0 Å². The third-order valence-electron chi connectivity index (χ3n) is 14.3. The van der Waals surface area contributed by atoms with Gasteiger partial charge in [-0.2, -0.15) is 0 Å². The second-order valence-electron chi connectivity index (χ2n) is 18.5. The molecule has 0 spiro atoms. The van der Waals surface area contributed by atoms with E-state index in [2.05, 4.69) is 13.8 Å². The molecule has 2 heterocycles. The number of hydrogen-bond donors (Lipinski definition) is 0. The number of unbranched alkanes of at least 4 members (excludes halogenated alkanes) is 2. The molecule has 336 valence electrons. The van der Waals surface area contributed by atoms with Gasteiger partial charge in [-0.1, -0.05) is 61.1 Å². The van der Waals surface area contributed by atoms with Gasteiger partial charge in [0.1, 0.15) is 24.7 Å². The van der Waals surface area contributed by atoms with Crippen LogP contribution in [0.15, 0.2) is 58.7 Å². The number of fused-ring (bicyclic) bond motifs is 9. The van der Waals surface area contributed by atoms with E-state index in [1.54, 1.807) is 12.1 Å². The fourth-order valence-electron chi connectivity index (χ4n) is 11.3. The van der Waals surface area contributed by atoms with Crippen LogP contribution in [0.5, 0.6) is 11.5 Å². The van der Waals surface area contributed by atoms with Gasteiger partial charge in [0, 0.05) is 58.8 Å².